The molecule has 0 saturated carbocycles. The van der Waals surface area contributed by atoms with Gasteiger partial charge < -0.3 is 3.88 Å². The van der Waals surface area contributed by atoms with Crippen molar-refractivity contribution < 1.29 is 0 Å². The minimum Gasteiger partial charge on any atom is -0.383 e. The largest absolute Gasteiger partial charge is 0.383 e. The Kier molecular flexibility index (Phi) is 12.2. The van der Waals surface area contributed by atoms with E-state index in [1.807, 2.05) is 0 Å². The van der Waals surface area contributed by atoms with Gasteiger partial charge in [-0.2, -0.15) is 0 Å². The Bertz CT molecular complexity index is 252. The average molecular weight is 278 g/mol. The minimum atomic E-state index is -0.623. The highest BCUT2D eigenvalue weighted by Crippen LogP contribution is 2.08. The van der Waals surface area contributed by atoms with E-state index in [-0.39, 0.29) is 24.8 Å². The molecule has 0 bridgehead atoms. The van der Waals surface area contributed by atoms with Gasteiger partial charge in [0.2, 0.25) is 0 Å². The van der Waals surface area contributed by atoms with Gasteiger partial charge >= 0.3 is 14.4 Å². The third-order valence-corrected chi connectivity index (χ3v) is 6.15. The van der Waals surface area contributed by atoms with Crippen LogP contribution < -0.4 is 0 Å². The molecule has 0 N–H and O–H groups in total. The van der Waals surface area contributed by atoms with E-state index in [9.17, 15) is 0 Å². The van der Waals surface area contributed by atoms with Crippen molar-refractivity contribution in [2.75, 3.05) is 7.05 Å². The van der Waals surface area contributed by atoms with Crippen LogP contribution in [0, 0.1) is 0 Å². The predicted octanol–water partition coefficient (Wildman–Crippen LogP) is 3.99. The Morgan fingerprint density at radius 2 is 1.50 bits per heavy atom. The number of hydrogen-bond acceptors (Lipinski definition) is 1. The maximum atomic E-state index is 2.58. The third-order valence-electron chi connectivity index (χ3n) is 2.84. The van der Waals surface area contributed by atoms with Crippen LogP contribution in [-0.2, 0) is 6.54 Å². The Morgan fingerprint density at radius 1 is 1.00 bits per heavy atom. The summed E-state index contributed by atoms with van der Waals surface area (Å²) in [6.45, 7) is 5.77. The molecule has 92 valence electrons. The molecular formula is C12H22AlCl2N. The molecule has 1 aromatic rings. The molecule has 0 heterocycles. The molecule has 0 unspecified atom stereocenters. The van der Waals surface area contributed by atoms with Crippen molar-refractivity contribution in [1.82, 2.24) is 3.88 Å². The first-order valence-corrected chi connectivity index (χ1v) is 7.67. The number of hydrogen-bond donors (Lipinski definition) is 0. The van der Waals surface area contributed by atoms with Gasteiger partial charge in [-0.3, -0.25) is 0 Å². The van der Waals surface area contributed by atoms with Gasteiger partial charge in [-0.05, 0) is 12.6 Å². The molecule has 0 saturated heterocycles. The van der Waals surface area contributed by atoms with Crippen molar-refractivity contribution in [2.24, 2.45) is 0 Å². The maximum Gasteiger partial charge on any atom is 0.372 e. The summed E-state index contributed by atoms with van der Waals surface area (Å²) in [6, 6.07) is 10.8. The zero-order valence-corrected chi connectivity index (χ0v) is 13.1. The molecule has 16 heavy (non-hydrogen) atoms. The molecular weight excluding hydrogens is 256 g/mol. The topological polar surface area (TPSA) is 3.24 Å². The molecule has 0 amide bonds. The Balaban J connectivity index is 0. The van der Waals surface area contributed by atoms with Crippen molar-refractivity contribution in [3.63, 3.8) is 0 Å². The van der Waals surface area contributed by atoms with Crippen LogP contribution in [-0.4, -0.2) is 25.3 Å². The van der Waals surface area contributed by atoms with Gasteiger partial charge in [0.05, 0.1) is 0 Å². The number of rotatable bonds is 5. The highest BCUT2D eigenvalue weighted by molar-refractivity contribution is 6.55. The molecule has 0 atom stereocenters. The van der Waals surface area contributed by atoms with Gasteiger partial charge in [0.15, 0.2) is 0 Å². The standard InChI is InChI=1S/C8H10N.2C2H5.Al.2ClH/c1-9-7-8-5-3-2-4-6-8;2*1-2;;;/h2-6H,7H2,1H3;2*1H2,2H3;;2*1H/q-1;;;+1;;. The van der Waals surface area contributed by atoms with Crippen LogP contribution >= 0.6 is 24.8 Å². The molecule has 0 spiro atoms. The van der Waals surface area contributed by atoms with E-state index >= 15 is 0 Å². The van der Waals surface area contributed by atoms with Crippen LogP contribution in [0.5, 0.6) is 0 Å². The summed E-state index contributed by atoms with van der Waals surface area (Å²) in [4.78, 5) is 0. The minimum absolute atomic E-state index is 0. The fourth-order valence-electron chi connectivity index (χ4n) is 1.91. The van der Waals surface area contributed by atoms with Gasteiger partial charge in [-0.25, -0.2) is 0 Å². The molecule has 0 fully saturated rings. The fourth-order valence-corrected chi connectivity index (χ4v) is 4.21. The van der Waals surface area contributed by atoms with Crippen LogP contribution in [0.15, 0.2) is 30.3 Å². The number of benzene rings is 1. The summed E-state index contributed by atoms with van der Waals surface area (Å²) in [5.74, 6) is 0. The van der Waals surface area contributed by atoms with E-state index in [0.717, 1.165) is 6.54 Å². The predicted molar refractivity (Wildman–Crippen MR) is 79.1 cm³/mol. The highest BCUT2D eigenvalue weighted by atomic mass is 35.5. The Morgan fingerprint density at radius 3 is 1.94 bits per heavy atom. The lowest BCUT2D eigenvalue weighted by Gasteiger charge is -2.22. The maximum absolute atomic E-state index is 2.58. The second-order valence-corrected chi connectivity index (χ2v) is 7.69. The van der Waals surface area contributed by atoms with Crippen LogP contribution in [0.4, 0.5) is 0 Å². The van der Waals surface area contributed by atoms with E-state index in [2.05, 4.69) is 55.1 Å². The molecule has 4 heteroatoms. The summed E-state index contributed by atoms with van der Waals surface area (Å²) in [5.41, 5.74) is 1.44. The van der Waals surface area contributed by atoms with E-state index < -0.39 is 14.4 Å². The normalized spacial score (nSPS) is 9.25. The monoisotopic (exact) mass is 277 g/mol. The SMILES string of the molecule is C[CH2][Al]([CH2]C)[N](C)Cc1ccccc1.Cl.Cl. The Hall–Kier alpha value is 0.292. The molecule has 0 aliphatic heterocycles. The molecule has 1 nitrogen and oxygen atoms in total. The van der Waals surface area contributed by atoms with Gasteiger partial charge in [0.25, 0.3) is 0 Å². The first kappa shape index (κ1) is 18.7. The first-order valence-electron chi connectivity index (χ1n) is 5.52. The van der Waals surface area contributed by atoms with E-state index in [1.54, 1.807) is 0 Å². The zero-order chi connectivity index (χ0) is 10.4. The zero-order valence-electron chi connectivity index (χ0n) is 10.3. The second-order valence-electron chi connectivity index (χ2n) is 3.87. The summed E-state index contributed by atoms with van der Waals surface area (Å²) in [5, 5.41) is 2.75. The van der Waals surface area contributed by atoms with Gasteiger partial charge in [0.1, 0.15) is 0 Å². The lowest BCUT2D eigenvalue weighted by atomic mass is 10.2. The fraction of sp³-hybridized carbons (Fsp3) is 0.500. The van der Waals surface area contributed by atoms with Crippen molar-refractivity contribution >= 4 is 39.2 Å². The van der Waals surface area contributed by atoms with E-state index in [0.29, 0.717) is 0 Å². The summed E-state index contributed by atoms with van der Waals surface area (Å²) >= 11 is -0.623. The highest BCUT2D eigenvalue weighted by Gasteiger charge is 2.18. The molecule has 0 aromatic heterocycles. The number of halogens is 2. The second kappa shape index (κ2) is 10.4. The Labute approximate surface area is 117 Å². The molecule has 0 radical (unpaired) electrons. The van der Waals surface area contributed by atoms with Crippen LogP contribution in [0.2, 0.25) is 10.6 Å². The van der Waals surface area contributed by atoms with Crippen molar-refractivity contribution in [3.05, 3.63) is 35.9 Å². The molecule has 0 aliphatic rings. The lowest BCUT2D eigenvalue weighted by molar-refractivity contribution is 0.512. The van der Waals surface area contributed by atoms with E-state index in [1.165, 1.54) is 16.1 Å². The summed E-state index contributed by atoms with van der Waals surface area (Å²) in [6.07, 6.45) is 0. The third kappa shape index (κ3) is 6.13. The van der Waals surface area contributed by atoms with E-state index in [4.69, 9.17) is 0 Å². The smallest absolute Gasteiger partial charge is 0.372 e. The molecule has 1 rings (SSSR count). The molecule has 1 aromatic carbocycles. The van der Waals surface area contributed by atoms with Crippen LogP contribution in [0.25, 0.3) is 0 Å². The first-order chi connectivity index (χ1) is 6.77. The van der Waals surface area contributed by atoms with Crippen molar-refractivity contribution in [2.45, 2.75) is 31.0 Å². The van der Waals surface area contributed by atoms with Crippen LogP contribution in [0.3, 0.4) is 0 Å². The summed E-state index contributed by atoms with van der Waals surface area (Å²) < 4.78 is 2.58. The van der Waals surface area contributed by atoms with Gasteiger partial charge in [-0.1, -0.05) is 54.7 Å². The van der Waals surface area contributed by atoms with Crippen molar-refractivity contribution in [1.29, 1.82) is 0 Å². The van der Waals surface area contributed by atoms with Crippen molar-refractivity contribution in [3.8, 4) is 0 Å². The van der Waals surface area contributed by atoms with Gasteiger partial charge in [-0.15, -0.1) is 24.8 Å². The lowest BCUT2D eigenvalue weighted by Crippen LogP contribution is -2.34. The molecule has 0 aliphatic carbocycles. The quantitative estimate of drug-likeness (QED) is 0.736. The van der Waals surface area contributed by atoms with Gasteiger partial charge in [0, 0.05) is 6.54 Å². The summed E-state index contributed by atoms with van der Waals surface area (Å²) in [7, 11) is 2.27. The average Bonchev–Trinajstić information content (AvgIpc) is 2.21. The van der Waals surface area contributed by atoms with Crippen LogP contribution in [0.1, 0.15) is 19.4 Å². The number of nitrogens with zero attached hydrogens (tertiary/aromatic N) is 1.